The van der Waals surface area contributed by atoms with Crippen LogP contribution in [0.4, 0.5) is 0 Å². The number of carbonyl (C=O) groups excluding carboxylic acids is 2. The van der Waals surface area contributed by atoms with Gasteiger partial charge in [0.1, 0.15) is 6.61 Å². The maximum atomic E-state index is 10.6. The number of carbonyl (C=O) groups is 2. The summed E-state index contributed by atoms with van der Waals surface area (Å²) in [6, 6.07) is 0. The van der Waals surface area contributed by atoms with Gasteiger partial charge in [-0.1, -0.05) is 6.58 Å². The first-order valence-corrected chi connectivity index (χ1v) is 2.97. The Kier molecular flexibility index (Phi) is 3.95. The van der Waals surface area contributed by atoms with E-state index >= 15 is 0 Å². The molecule has 0 fully saturated rings. The SMILES string of the molecule is C=C(COC(C)=O)C(=O)OC. The molecule has 0 aliphatic rings. The van der Waals surface area contributed by atoms with Crippen molar-refractivity contribution in [3.63, 3.8) is 0 Å². The van der Waals surface area contributed by atoms with E-state index in [2.05, 4.69) is 16.1 Å². The minimum Gasteiger partial charge on any atom is -0.466 e. The summed E-state index contributed by atoms with van der Waals surface area (Å²) in [6.45, 7) is 4.49. The van der Waals surface area contributed by atoms with Gasteiger partial charge in [-0.15, -0.1) is 0 Å². The molecule has 0 spiro atoms. The van der Waals surface area contributed by atoms with E-state index in [1.807, 2.05) is 0 Å². The molecular weight excluding hydrogens is 148 g/mol. The molecule has 0 saturated heterocycles. The molecule has 0 aromatic rings. The van der Waals surface area contributed by atoms with E-state index < -0.39 is 11.9 Å². The smallest absolute Gasteiger partial charge is 0.336 e. The predicted molar refractivity (Wildman–Crippen MR) is 37.8 cm³/mol. The highest BCUT2D eigenvalue weighted by Crippen LogP contribution is 1.94. The van der Waals surface area contributed by atoms with Gasteiger partial charge >= 0.3 is 11.9 Å². The molecule has 0 N–H and O–H groups in total. The summed E-state index contributed by atoms with van der Waals surface area (Å²) < 4.78 is 8.80. The number of hydrogen-bond acceptors (Lipinski definition) is 4. The zero-order valence-corrected chi connectivity index (χ0v) is 6.55. The van der Waals surface area contributed by atoms with Gasteiger partial charge in [0.2, 0.25) is 0 Å². The van der Waals surface area contributed by atoms with Crippen LogP contribution in [0.25, 0.3) is 0 Å². The second kappa shape index (κ2) is 4.49. The lowest BCUT2D eigenvalue weighted by Crippen LogP contribution is -2.11. The molecular formula is C7H10O4. The Morgan fingerprint density at radius 3 is 2.36 bits per heavy atom. The van der Waals surface area contributed by atoms with E-state index in [4.69, 9.17) is 0 Å². The highest BCUT2D eigenvalue weighted by atomic mass is 16.5. The third kappa shape index (κ3) is 4.13. The number of esters is 2. The molecule has 0 amide bonds. The zero-order chi connectivity index (χ0) is 8.85. The van der Waals surface area contributed by atoms with Crippen LogP contribution < -0.4 is 0 Å². The third-order valence-corrected chi connectivity index (χ3v) is 0.924. The third-order valence-electron chi connectivity index (χ3n) is 0.924. The lowest BCUT2D eigenvalue weighted by atomic mass is 10.3. The Morgan fingerprint density at radius 2 is 2.00 bits per heavy atom. The molecule has 0 aliphatic heterocycles. The molecule has 62 valence electrons. The molecule has 0 bridgehead atoms. The molecule has 0 atom stereocenters. The fraction of sp³-hybridized carbons (Fsp3) is 0.429. The van der Waals surface area contributed by atoms with Crippen molar-refractivity contribution in [2.75, 3.05) is 13.7 Å². The van der Waals surface area contributed by atoms with Crippen molar-refractivity contribution < 1.29 is 19.1 Å². The van der Waals surface area contributed by atoms with Gasteiger partial charge in [0.15, 0.2) is 0 Å². The van der Waals surface area contributed by atoms with Crippen molar-refractivity contribution in [2.24, 2.45) is 0 Å². The summed E-state index contributed by atoms with van der Waals surface area (Å²) in [7, 11) is 1.24. The second-order valence-electron chi connectivity index (χ2n) is 1.88. The van der Waals surface area contributed by atoms with E-state index in [9.17, 15) is 9.59 Å². The van der Waals surface area contributed by atoms with Crippen LogP contribution in [0.5, 0.6) is 0 Å². The molecule has 0 radical (unpaired) electrons. The standard InChI is InChI=1S/C7H10O4/c1-5(7(9)10-3)4-11-6(2)8/h1,4H2,2-3H3. The van der Waals surface area contributed by atoms with Crippen molar-refractivity contribution in [3.8, 4) is 0 Å². The summed E-state index contributed by atoms with van der Waals surface area (Å²) in [4.78, 5) is 20.9. The number of rotatable bonds is 3. The highest BCUT2D eigenvalue weighted by molar-refractivity contribution is 5.88. The van der Waals surface area contributed by atoms with Gasteiger partial charge in [0.25, 0.3) is 0 Å². The number of hydrogen-bond donors (Lipinski definition) is 0. The van der Waals surface area contributed by atoms with Crippen LogP contribution in [0.1, 0.15) is 6.92 Å². The van der Waals surface area contributed by atoms with Crippen LogP contribution in [0.2, 0.25) is 0 Å². The minimum absolute atomic E-state index is 0.109. The zero-order valence-electron chi connectivity index (χ0n) is 6.55. The van der Waals surface area contributed by atoms with Crippen molar-refractivity contribution in [1.82, 2.24) is 0 Å². The Labute approximate surface area is 64.8 Å². The fourth-order valence-electron chi connectivity index (χ4n) is 0.392. The molecule has 4 heteroatoms. The molecule has 0 unspecified atom stereocenters. The molecule has 0 aliphatic carbocycles. The van der Waals surface area contributed by atoms with Gasteiger partial charge in [-0.3, -0.25) is 4.79 Å². The van der Waals surface area contributed by atoms with Crippen molar-refractivity contribution in [2.45, 2.75) is 6.92 Å². The van der Waals surface area contributed by atoms with Gasteiger partial charge in [0, 0.05) is 6.92 Å². The van der Waals surface area contributed by atoms with Gasteiger partial charge < -0.3 is 9.47 Å². The van der Waals surface area contributed by atoms with Gasteiger partial charge in [0.05, 0.1) is 12.7 Å². The maximum absolute atomic E-state index is 10.6. The van der Waals surface area contributed by atoms with E-state index in [0.29, 0.717) is 0 Å². The van der Waals surface area contributed by atoms with Crippen LogP contribution in [0, 0.1) is 0 Å². The predicted octanol–water partition coefficient (Wildman–Crippen LogP) is 0.279. The van der Waals surface area contributed by atoms with Crippen LogP contribution in [0.15, 0.2) is 12.2 Å². The quantitative estimate of drug-likeness (QED) is 0.437. The molecule has 0 aromatic carbocycles. The van der Waals surface area contributed by atoms with E-state index in [-0.39, 0.29) is 12.2 Å². The Hall–Kier alpha value is -1.32. The van der Waals surface area contributed by atoms with Crippen LogP contribution in [-0.4, -0.2) is 25.7 Å². The molecule has 11 heavy (non-hydrogen) atoms. The lowest BCUT2D eigenvalue weighted by Gasteiger charge is -2.02. The lowest BCUT2D eigenvalue weighted by molar-refractivity contribution is -0.142. The average molecular weight is 158 g/mol. The fourth-order valence-corrected chi connectivity index (χ4v) is 0.392. The molecule has 0 aromatic heterocycles. The monoisotopic (exact) mass is 158 g/mol. The first-order chi connectivity index (χ1) is 5.07. The molecule has 0 heterocycles. The normalized spacial score (nSPS) is 8.55. The van der Waals surface area contributed by atoms with Crippen molar-refractivity contribution >= 4 is 11.9 Å². The topological polar surface area (TPSA) is 52.6 Å². The molecule has 0 rings (SSSR count). The van der Waals surface area contributed by atoms with E-state index in [1.165, 1.54) is 14.0 Å². The highest BCUT2D eigenvalue weighted by Gasteiger charge is 2.06. The number of ether oxygens (including phenoxy) is 2. The van der Waals surface area contributed by atoms with Crippen LogP contribution in [-0.2, 0) is 19.1 Å². The summed E-state index contributed by atoms with van der Waals surface area (Å²) >= 11 is 0. The van der Waals surface area contributed by atoms with Crippen LogP contribution >= 0.6 is 0 Å². The van der Waals surface area contributed by atoms with Crippen LogP contribution in [0.3, 0.4) is 0 Å². The number of methoxy groups -OCH3 is 1. The largest absolute Gasteiger partial charge is 0.466 e. The maximum Gasteiger partial charge on any atom is 0.336 e. The average Bonchev–Trinajstić information content (AvgIpc) is 1.98. The summed E-state index contributed by atoms with van der Waals surface area (Å²) in [6.07, 6.45) is 0. The van der Waals surface area contributed by atoms with Crippen molar-refractivity contribution in [3.05, 3.63) is 12.2 Å². The first-order valence-electron chi connectivity index (χ1n) is 2.97. The summed E-state index contributed by atoms with van der Waals surface area (Å²) in [5.74, 6) is -1.01. The molecule has 0 saturated carbocycles. The Morgan fingerprint density at radius 1 is 1.45 bits per heavy atom. The van der Waals surface area contributed by atoms with Gasteiger partial charge in [-0.25, -0.2) is 4.79 Å². The van der Waals surface area contributed by atoms with Gasteiger partial charge in [-0.2, -0.15) is 0 Å². The van der Waals surface area contributed by atoms with E-state index in [0.717, 1.165) is 0 Å². The Balaban J connectivity index is 3.70. The first kappa shape index (κ1) is 9.68. The molecule has 4 nitrogen and oxygen atoms in total. The minimum atomic E-state index is -0.564. The van der Waals surface area contributed by atoms with E-state index in [1.54, 1.807) is 0 Å². The van der Waals surface area contributed by atoms with Gasteiger partial charge in [-0.05, 0) is 0 Å². The van der Waals surface area contributed by atoms with Crippen molar-refractivity contribution in [1.29, 1.82) is 0 Å². The Bertz CT molecular complexity index is 183. The summed E-state index contributed by atoms with van der Waals surface area (Å²) in [5.41, 5.74) is 0.128. The summed E-state index contributed by atoms with van der Waals surface area (Å²) in [5, 5.41) is 0. The second-order valence-corrected chi connectivity index (χ2v) is 1.88.